The van der Waals surface area contributed by atoms with Crippen LogP contribution >= 0.6 is 11.8 Å². The van der Waals surface area contributed by atoms with Gasteiger partial charge in [-0.05, 0) is 48.2 Å². The number of aliphatic hydroxyl groups is 1. The lowest BCUT2D eigenvalue weighted by Gasteiger charge is -2.24. The highest BCUT2D eigenvalue weighted by atomic mass is 32.2. The number of thioether (sulfide) groups is 1. The van der Waals surface area contributed by atoms with Crippen molar-refractivity contribution in [2.24, 2.45) is 0 Å². The zero-order chi connectivity index (χ0) is 23.2. The molecule has 0 fully saturated rings. The SMILES string of the molecule is Cc1cccc(C)c1SCc1ccc(C(=O)NC(c2ccccc2)C(O)c2ccccc2)o1. The number of carbonyl (C=O) groups excluding carboxylic acids is 1. The monoisotopic (exact) mass is 457 g/mol. The molecule has 0 bridgehead atoms. The number of aryl methyl sites for hydroxylation is 2. The van der Waals surface area contributed by atoms with Crippen LogP contribution in [0.5, 0.6) is 0 Å². The van der Waals surface area contributed by atoms with Crippen LogP contribution in [0.1, 0.15) is 50.7 Å². The summed E-state index contributed by atoms with van der Waals surface area (Å²) >= 11 is 1.70. The van der Waals surface area contributed by atoms with Crippen LogP contribution in [0.15, 0.2) is 100 Å². The van der Waals surface area contributed by atoms with Crippen molar-refractivity contribution in [3.8, 4) is 0 Å². The highest BCUT2D eigenvalue weighted by Crippen LogP contribution is 2.31. The fourth-order valence-electron chi connectivity index (χ4n) is 3.81. The predicted molar refractivity (Wildman–Crippen MR) is 132 cm³/mol. The van der Waals surface area contributed by atoms with Gasteiger partial charge in [0.15, 0.2) is 5.76 Å². The minimum atomic E-state index is -0.897. The molecular weight excluding hydrogens is 430 g/mol. The molecule has 0 saturated heterocycles. The summed E-state index contributed by atoms with van der Waals surface area (Å²) in [5.74, 6) is 1.23. The first-order valence-corrected chi connectivity index (χ1v) is 11.9. The minimum absolute atomic E-state index is 0.230. The normalized spacial score (nSPS) is 12.8. The lowest BCUT2D eigenvalue weighted by molar-refractivity contribution is 0.0805. The molecule has 2 atom stereocenters. The van der Waals surface area contributed by atoms with E-state index in [-0.39, 0.29) is 11.7 Å². The summed E-state index contributed by atoms with van der Waals surface area (Å²) < 4.78 is 5.85. The van der Waals surface area contributed by atoms with E-state index in [0.717, 1.165) is 16.9 Å². The van der Waals surface area contributed by atoms with Crippen molar-refractivity contribution >= 4 is 17.7 Å². The lowest BCUT2D eigenvalue weighted by Crippen LogP contribution is -2.32. The zero-order valence-corrected chi connectivity index (χ0v) is 19.5. The molecule has 0 radical (unpaired) electrons. The van der Waals surface area contributed by atoms with E-state index in [0.29, 0.717) is 5.75 Å². The molecule has 1 heterocycles. The summed E-state index contributed by atoms with van der Waals surface area (Å²) in [6.45, 7) is 4.19. The van der Waals surface area contributed by atoms with Gasteiger partial charge in [0, 0.05) is 4.90 Å². The van der Waals surface area contributed by atoms with Crippen LogP contribution in [-0.2, 0) is 5.75 Å². The maximum atomic E-state index is 13.0. The molecule has 1 amide bonds. The summed E-state index contributed by atoms with van der Waals surface area (Å²) in [6.07, 6.45) is -0.897. The summed E-state index contributed by atoms with van der Waals surface area (Å²) in [7, 11) is 0. The van der Waals surface area contributed by atoms with Gasteiger partial charge in [0.25, 0.3) is 5.91 Å². The van der Waals surface area contributed by atoms with Crippen molar-refractivity contribution in [3.63, 3.8) is 0 Å². The van der Waals surface area contributed by atoms with Crippen LogP contribution < -0.4 is 5.32 Å². The van der Waals surface area contributed by atoms with E-state index in [4.69, 9.17) is 4.42 Å². The van der Waals surface area contributed by atoms with Gasteiger partial charge in [0.2, 0.25) is 0 Å². The van der Waals surface area contributed by atoms with Crippen LogP contribution in [0.4, 0.5) is 0 Å². The Balaban J connectivity index is 1.49. The van der Waals surface area contributed by atoms with E-state index in [2.05, 4.69) is 37.4 Å². The predicted octanol–water partition coefficient (Wildman–Crippen LogP) is 6.39. The van der Waals surface area contributed by atoms with E-state index in [1.54, 1.807) is 17.8 Å². The number of amides is 1. The Morgan fingerprint density at radius 1 is 0.848 bits per heavy atom. The Hall–Kier alpha value is -3.28. The third-order valence-electron chi connectivity index (χ3n) is 5.56. The van der Waals surface area contributed by atoms with E-state index in [1.165, 1.54) is 16.0 Å². The third-order valence-corrected chi connectivity index (χ3v) is 6.92. The van der Waals surface area contributed by atoms with Crippen molar-refractivity contribution in [2.45, 2.75) is 36.6 Å². The van der Waals surface area contributed by atoms with Crippen LogP contribution in [-0.4, -0.2) is 11.0 Å². The van der Waals surface area contributed by atoms with Gasteiger partial charge in [0.05, 0.1) is 11.8 Å². The number of rotatable bonds is 8. The van der Waals surface area contributed by atoms with Crippen molar-refractivity contribution in [2.75, 3.05) is 0 Å². The fourth-order valence-corrected chi connectivity index (χ4v) is 4.84. The van der Waals surface area contributed by atoms with Crippen LogP contribution in [0.3, 0.4) is 0 Å². The molecule has 1 aromatic heterocycles. The Morgan fingerprint density at radius 2 is 1.45 bits per heavy atom. The van der Waals surface area contributed by atoms with Gasteiger partial charge in [-0.25, -0.2) is 0 Å². The van der Waals surface area contributed by atoms with E-state index < -0.39 is 12.1 Å². The Bertz CT molecular complexity index is 1180. The molecule has 5 heteroatoms. The number of aliphatic hydroxyl groups excluding tert-OH is 1. The van der Waals surface area contributed by atoms with Crippen molar-refractivity contribution in [1.82, 2.24) is 5.32 Å². The number of nitrogens with one attached hydrogen (secondary N) is 1. The molecule has 0 aliphatic carbocycles. The second-order valence-electron chi connectivity index (χ2n) is 7.99. The highest BCUT2D eigenvalue weighted by Gasteiger charge is 2.26. The first-order chi connectivity index (χ1) is 16.0. The zero-order valence-electron chi connectivity index (χ0n) is 18.7. The quantitative estimate of drug-likeness (QED) is 0.301. The first-order valence-electron chi connectivity index (χ1n) is 10.9. The smallest absolute Gasteiger partial charge is 0.287 e. The lowest BCUT2D eigenvalue weighted by atomic mass is 9.95. The standard InChI is InChI=1S/C28H27NO3S/c1-19-10-9-11-20(2)27(19)33-18-23-16-17-24(32-23)28(31)29-25(21-12-5-3-6-13-21)26(30)22-14-7-4-8-15-22/h3-17,25-26,30H,18H2,1-2H3,(H,29,31). The fraction of sp³-hybridized carbons (Fsp3) is 0.179. The molecule has 3 aromatic carbocycles. The molecule has 0 saturated carbocycles. The summed E-state index contributed by atoms with van der Waals surface area (Å²) in [5.41, 5.74) is 4.01. The Morgan fingerprint density at radius 3 is 2.09 bits per heavy atom. The topological polar surface area (TPSA) is 62.5 Å². The van der Waals surface area contributed by atoms with Gasteiger partial charge in [-0.15, -0.1) is 11.8 Å². The summed E-state index contributed by atoms with van der Waals surface area (Å²) in [5, 5.41) is 14.0. The average Bonchev–Trinajstić information content (AvgIpc) is 3.32. The van der Waals surface area contributed by atoms with Gasteiger partial charge in [-0.2, -0.15) is 0 Å². The Labute approximate surface area is 198 Å². The number of benzene rings is 3. The molecule has 33 heavy (non-hydrogen) atoms. The van der Waals surface area contributed by atoms with E-state index >= 15 is 0 Å². The van der Waals surface area contributed by atoms with Crippen LogP contribution in [0.2, 0.25) is 0 Å². The van der Waals surface area contributed by atoms with Crippen LogP contribution in [0.25, 0.3) is 0 Å². The summed E-state index contributed by atoms with van der Waals surface area (Å²) in [6, 6.07) is 28.0. The largest absolute Gasteiger partial charge is 0.455 e. The maximum Gasteiger partial charge on any atom is 0.287 e. The number of furan rings is 1. The second kappa shape index (κ2) is 10.6. The molecule has 0 spiro atoms. The average molecular weight is 458 g/mol. The highest BCUT2D eigenvalue weighted by molar-refractivity contribution is 7.98. The molecule has 2 N–H and O–H groups in total. The molecule has 0 aliphatic heterocycles. The number of carbonyl (C=O) groups is 1. The van der Waals surface area contributed by atoms with Crippen molar-refractivity contribution < 1.29 is 14.3 Å². The van der Waals surface area contributed by atoms with Gasteiger partial charge in [-0.1, -0.05) is 78.9 Å². The number of hydrogen-bond acceptors (Lipinski definition) is 4. The second-order valence-corrected chi connectivity index (χ2v) is 8.98. The molecule has 168 valence electrons. The van der Waals surface area contributed by atoms with E-state index in [1.807, 2.05) is 66.7 Å². The third kappa shape index (κ3) is 5.56. The number of hydrogen-bond donors (Lipinski definition) is 2. The molecule has 2 unspecified atom stereocenters. The van der Waals surface area contributed by atoms with E-state index in [9.17, 15) is 9.90 Å². The van der Waals surface area contributed by atoms with Crippen LogP contribution in [0, 0.1) is 13.8 Å². The first kappa shape index (κ1) is 22.9. The van der Waals surface area contributed by atoms with Crippen molar-refractivity contribution in [3.05, 3.63) is 125 Å². The molecular formula is C28H27NO3S. The minimum Gasteiger partial charge on any atom is -0.455 e. The molecule has 4 nitrogen and oxygen atoms in total. The molecule has 4 rings (SSSR count). The summed E-state index contributed by atoms with van der Waals surface area (Å²) in [4.78, 5) is 14.3. The van der Waals surface area contributed by atoms with Gasteiger partial charge in [-0.3, -0.25) is 4.79 Å². The van der Waals surface area contributed by atoms with Gasteiger partial charge >= 0.3 is 0 Å². The molecule has 4 aromatic rings. The molecule has 0 aliphatic rings. The van der Waals surface area contributed by atoms with Crippen molar-refractivity contribution in [1.29, 1.82) is 0 Å². The van der Waals surface area contributed by atoms with Gasteiger partial charge in [0.1, 0.15) is 11.9 Å². The maximum absolute atomic E-state index is 13.0. The Kier molecular flexibility index (Phi) is 7.33. The van der Waals surface area contributed by atoms with Gasteiger partial charge < -0.3 is 14.8 Å².